The summed E-state index contributed by atoms with van der Waals surface area (Å²) in [6, 6.07) is 16.6. The van der Waals surface area contributed by atoms with Crippen molar-refractivity contribution in [2.24, 2.45) is 5.14 Å². The van der Waals surface area contributed by atoms with Crippen LogP contribution in [0.4, 0.5) is 5.95 Å². The van der Waals surface area contributed by atoms with E-state index in [0.29, 0.717) is 24.8 Å². The van der Waals surface area contributed by atoms with Gasteiger partial charge in [0.1, 0.15) is 0 Å². The molecule has 158 valence electrons. The van der Waals surface area contributed by atoms with Crippen LogP contribution in [0.5, 0.6) is 0 Å². The molecule has 1 aromatic heterocycles. The number of imidazole rings is 1. The molecule has 1 aliphatic carbocycles. The Hall–Kier alpha value is -2.77. The molecule has 30 heavy (non-hydrogen) atoms. The van der Waals surface area contributed by atoms with Crippen LogP contribution in [-0.2, 0) is 17.8 Å². The van der Waals surface area contributed by atoms with Gasteiger partial charge in [-0.2, -0.15) is 0 Å². The zero-order valence-corrected chi connectivity index (χ0v) is 17.9. The fraction of sp³-hybridized carbons (Fsp3) is 0.304. The highest BCUT2D eigenvalue weighted by Crippen LogP contribution is 2.33. The van der Waals surface area contributed by atoms with Gasteiger partial charge in [0.2, 0.25) is 5.91 Å². The van der Waals surface area contributed by atoms with E-state index in [2.05, 4.69) is 57.5 Å². The third kappa shape index (κ3) is 5.87. The number of aromatic nitrogens is 2. The highest BCUT2D eigenvalue weighted by Gasteiger charge is 2.16. The molecule has 1 fully saturated rings. The van der Waals surface area contributed by atoms with Gasteiger partial charge in [-0.05, 0) is 41.0 Å². The highest BCUT2D eigenvalue weighted by atomic mass is 32.1. The number of nitrogens with zero attached hydrogens (tertiary/aromatic N) is 1. The number of thiol groups is 1. The Morgan fingerprint density at radius 2 is 1.67 bits per heavy atom. The van der Waals surface area contributed by atoms with E-state index >= 15 is 0 Å². The summed E-state index contributed by atoms with van der Waals surface area (Å²) >= 11 is 3.03. The lowest BCUT2D eigenvalue weighted by Gasteiger charge is -2.10. The number of rotatable bonds is 6. The maximum absolute atomic E-state index is 12.3. The van der Waals surface area contributed by atoms with E-state index in [1.54, 1.807) is 6.20 Å². The average molecular weight is 424 g/mol. The number of amides is 1. The number of carbonyl (C=O) groups excluding carboxylic acids is 1. The lowest BCUT2D eigenvalue weighted by molar-refractivity contribution is -0.120. The van der Waals surface area contributed by atoms with Crippen LogP contribution in [0.2, 0.25) is 0 Å². The van der Waals surface area contributed by atoms with Gasteiger partial charge < -0.3 is 16.0 Å². The van der Waals surface area contributed by atoms with Crippen molar-refractivity contribution in [2.45, 2.75) is 44.6 Å². The molecule has 6 nitrogen and oxygen atoms in total. The molecule has 2 aromatic carbocycles. The smallest absolute Gasteiger partial charge is 0.224 e. The lowest BCUT2D eigenvalue weighted by atomic mass is 9.96. The highest BCUT2D eigenvalue weighted by molar-refractivity contribution is 7.77. The van der Waals surface area contributed by atoms with Crippen LogP contribution in [0.1, 0.15) is 48.3 Å². The summed E-state index contributed by atoms with van der Waals surface area (Å²) < 4.78 is 0. The molecule has 3 aromatic rings. The molecule has 0 atom stereocenters. The molecule has 0 saturated heterocycles. The van der Waals surface area contributed by atoms with Crippen molar-refractivity contribution in [3.8, 4) is 11.3 Å². The minimum Gasteiger partial charge on any atom is -0.369 e. The Morgan fingerprint density at radius 1 is 1.03 bits per heavy atom. The summed E-state index contributed by atoms with van der Waals surface area (Å²) in [6.45, 7) is 0.518. The molecule has 0 radical (unpaired) electrons. The number of hydrogen-bond donors (Lipinski definition) is 5. The fourth-order valence-corrected chi connectivity index (χ4v) is 3.90. The number of nitrogens with one attached hydrogen (secondary N) is 2. The molecule has 4 rings (SSSR count). The van der Waals surface area contributed by atoms with Crippen LogP contribution < -0.4 is 16.2 Å². The van der Waals surface area contributed by atoms with E-state index < -0.39 is 0 Å². The van der Waals surface area contributed by atoms with Crippen molar-refractivity contribution in [3.63, 3.8) is 0 Å². The molecule has 0 unspecified atom stereocenters. The molecule has 0 spiro atoms. The molecular weight excluding hydrogens is 394 g/mol. The van der Waals surface area contributed by atoms with Crippen LogP contribution >= 0.6 is 12.8 Å². The fourth-order valence-electron chi connectivity index (χ4n) is 3.90. The minimum absolute atomic E-state index is 0.0408. The second-order valence-corrected chi connectivity index (χ2v) is 7.56. The lowest BCUT2D eigenvalue weighted by Crippen LogP contribution is -2.24. The Morgan fingerprint density at radius 3 is 2.27 bits per heavy atom. The Balaban J connectivity index is 0.00000124. The quantitative estimate of drug-likeness (QED) is 0.387. The van der Waals surface area contributed by atoms with E-state index in [-0.39, 0.29) is 5.91 Å². The van der Waals surface area contributed by atoms with Crippen molar-refractivity contribution in [1.29, 1.82) is 0 Å². The van der Waals surface area contributed by atoms with Crippen LogP contribution in [0.3, 0.4) is 0 Å². The maximum atomic E-state index is 12.3. The molecule has 1 aliphatic rings. The van der Waals surface area contributed by atoms with Gasteiger partial charge in [0, 0.05) is 6.54 Å². The summed E-state index contributed by atoms with van der Waals surface area (Å²) in [5.74, 6) is 1.16. The molecular formula is C23H29N5OS. The van der Waals surface area contributed by atoms with Gasteiger partial charge in [-0.1, -0.05) is 61.4 Å². The predicted octanol–water partition coefficient (Wildman–Crippen LogP) is 3.97. The van der Waals surface area contributed by atoms with Gasteiger partial charge in [0.25, 0.3) is 0 Å². The van der Waals surface area contributed by atoms with Crippen molar-refractivity contribution >= 4 is 24.7 Å². The van der Waals surface area contributed by atoms with Crippen LogP contribution in [-0.4, -0.2) is 15.9 Å². The zero-order valence-electron chi connectivity index (χ0n) is 17.0. The molecule has 1 amide bonds. The summed E-state index contributed by atoms with van der Waals surface area (Å²) in [4.78, 5) is 19.3. The number of H-pyrrole nitrogens is 1. The first kappa shape index (κ1) is 21.9. The predicted molar refractivity (Wildman–Crippen MR) is 125 cm³/mol. The van der Waals surface area contributed by atoms with Crippen LogP contribution in [0.15, 0.2) is 54.7 Å². The van der Waals surface area contributed by atoms with Crippen LogP contribution in [0.25, 0.3) is 11.3 Å². The molecule has 1 saturated carbocycles. The van der Waals surface area contributed by atoms with Gasteiger partial charge in [-0.25, -0.2) is 4.98 Å². The van der Waals surface area contributed by atoms with E-state index in [0.717, 1.165) is 22.4 Å². The largest absolute Gasteiger partial charge is 0.369 e. The van der Waals surface area contributed by atoms with Gasteiger partial charge in [-0.15, -0.1) is 12.8 Å². The molecule has 6 N–H and O–H groups in total. The SMILES string of the molecule is NS.Nc1ncc(-c2ccc(CNC(=O)Cc3ccc(C4CCCC4)cc3)cc2)[nH]1. The van der Waals surface area contributed by atoms with E-state index in [1.165, 1.54) is 31.2 Å². The van der Waals surface area contributed by atoms with Gasteiger partial charge in [-0.3, -0.25) is 9.93 Å². The number of aromatic amines is 1. The zero-order chi connectivity index (χ0) is 21.3. The third-order valence-electron chi connectivity index (χ3n) is 5.52. The standard InChI is InChI=1S/C23H26N4O.H3NS/c24-23-26-15-21(27-23)20-11-7-17(8-12-20)14-25-22(28)13-16-5-9-19(10-6-16)18-3-1-2-4-18;1-2/h5-12,15,18H,1-4,13-14H2,(H,25,28)(H3,24,26,27);2H,1H2. The molecule has 7 heteroatoms. The third-order valence-corrected chi connectivity index (χ3v) is 5.52. The number of nitrogen functional groups attached to an aromatic ring is 1. The normalized spacial score (nSPS) is 13.5. The van der Waals surface area contributed by atoms with Crippen molar-refractivity contribution < 1.29 is 4.79 Å². The van der Waals surface area contributed by atoms with Gasteiger partial charge >= 0.3 is 0 Å². The van der Waals surface area contributed by atoms with Crippen molar-refractivity contribution in [2.75, 3.05) is 5.73 Å². The first-order chi connectivity index (χ1) is 14.7. The monoisotopic (exact) mass is 423 g/mol. The van der Waals surface area contributed by atoms with Gasteiger partial charge in [0.05, 0.1) is 18.3 Å². The molecule has 1 heterocycles. The summed E-state index contributed by atoms with van der Waals surface area (Å²) in [5, 5.41) is 7.20. The number of anilines is 1. The van der Waals surface area contributed by atoms with Gasteiger partial charge in [0.15, 0.2) is 5.95 Å². The summed E-state index contributed by atoms with van der Waals surface area (Å²) in [5.41, 5.74) is 11.1. The minimum atomic E-state index is 0.0408. The topological polar surface area (TPSA) is 110 Å². The Kier molecular flexibility index (Phi) is 7.93. The molecule has 0 bridgehead atoms. The van der Waals surface area contributed by atoms with E-state index in [4.69, 9.17) is 5.73 Å². The number of carbonyl (C=O) groups is 1. The maximum Gasteiger partial charge on any atom is 0.224 e. The van der Waals surface area contributed by atoms with Crippen molar-refractivity contribution in [1.82, 2.24) is 15.3 Å². The summed E-state index contributed by atoms with van der Waals surface area (Å²) in [6.07, 6.45) is 7.40. The van der Waals surface area contributed by atoms with Crippen LogP contribution in [0, 0.1) is 0 Å². The number of benzene rings is 2. The van der Waals surface area contributed by atoms with E-state index in [1.807, 2.05) is 24.3 Å². The second-order valence-electron chi connectivity index (χ2n) is 7.56. The van der Waals surface area contributed by atoms with E-state index in [9.17, 15) is 4.79 Å². The Bertz CT molecular complexity index is 931. The first-order valence-corrected chi connectivity index (χ1v) is 10.7. The molecule has 0 aliphatic heterocycles. The first-order valence-electron chi connectivity index (χ1n) is 10.2. The average Bonchev–Trinajstić information content (AvgIpc) is 3.47. The summed E-state index contributed by atoms with van der Waals surface area (Å²) in [7, 11) is 0. The second kappa shape index (κ2) is 10.8. The number of nitrogens with two attached hydrogens (primary N) is 2. The Labute approximate surface area is 183 Å². The number of hydrogen-bond acceptors (Lipinski definition) is 5. The van der Waals surface area contributed by atoms with Crippen molar-refractivity contribution in [3.05, 3.63) is 71.4 Å².